The molecule has 1 aromatic rings. The number of sulfonamides is 1. The molecule has 0 aromatic carbocycles. The Labute approximate surface area is 137 Å². The number of thiophene rings is 1. The Morgan fingerprint density at radius 1 is 1.38 bits per heavy atom. The molecule has 7 heteroatoms. The molecule has 1 heterocycles. The monoisotopic (exact) mass is 350 g/mol. The van der Waals surface area contributed by atoms with E-state index in [4.69, 9.17) is 0 Å². The van der Waals surface area contributed by atoms with Gasteiger partial charge in [-0.2, -0.15) is 11.8 Å². The third kappa shape index (κ3) is 6.28. The summed E-state index contributed by atoms with van der Waals surface area (Å²) in [6.07, 6.45) is 3.96. The van der Waals surface area contributed by atoms with Gasteiger partial charge in [-0.25, -0.2) is 13.1 Å². The zero-order valence-electron chi connectivity index (χ0n) is 13.2. The third-order valence-electron chi connectivity index (χ3n) is 3.18. The van der Waals surface area contributed by atoms with Crippen molar-refractivity contribution >= 4 is 33.1 Å². The summed E-state index contributed by atoms with van der Waals surface area (Å²) in [5.74, 6) is 0. The maximum absolute atomic E-state index is 12.3. The summed E-state index contributed by atoms with van der Waals surface area (Å²) in [4.78, 5) is 2.35. The SMILES string of the molecule is CCCNCc1cc(S(=O)(=O)NCCC(C)SC)c(C)s1. The van der Waals surface area contributed by atoms with Crippen LogP contribution in [0.25, 0.3) is 0 Å². The van der Waals surface area contributed by atoms with Crippen molar-refractivity contribution in [3.05, 3.63) is 15.8 Å². The lowest BCUT2D eigenvalue weighted by atomic mass is 10.3. The predicted octanol–water partition coefficient (Wildman–Crippen LogP) is 2.98. The minimum Gasteiger partial charge on any atom is -0.312 e. The summed E-state index contributed by atoms with van der Waals surface area (Å²) in [6, 6.07) is 1.79. The number of thioether (sulfide) groups is 1. The molecule has 2 N–H and O–H groups in total. The molecule has 1 unspecified atom stereocenters. The third-order valence-corrected chi connectivity index (χ3v) is 6.99. The molecule has 4 nitrogen and oxygen atoms in total. The van der Waals surface area contributed by atoms with E-state index in [-0.39, 0.29) is 0 Å². The van der Waals surface area contributed by atoms with E-state index in [1.807, 2.05) is 13.2 Å². The molecule has 1 atom stereocenters. The molecule has 122 valence electrons. The van der Waals surface area contributed by atoms with Crippen LogP contribution in [0.2, 0.25) is 0 Å². The smallest absolute Gasteiger partial charge is 0.241 e. The van der Waals surface area contributed by atoms with Gasteiger partial charge in [-0.05, 0) is 38.6 Å². The molecule has 0 fully saturated rings. The van der Waals surface area contributed by atoms with Crippen LogP contribution < -0.4 is 10.0 Å². The summed E-state index contributed by atoms with van der Waals surface area (Å²) in [5.41, 5.74) is 0. The van der Waals surface area contributed by atoms with Crippen molar-refractivity contribution in [3.8, 4) is 0 Å². The summed E-state index contributed by atoms with van der Waals surface area (Å²) < 4.78 is 27.4. The Balaban J connectivity index is 2.65. The van der Waals surface area contributed by atoms with Crippen molar-refractivity contribution in [2.24, 2.45) is 0 Å². The van der Waals surface area contributed by atoms with Crippen LogP contribution in [-0.4, -0.2) is 33.0 Å². The first kappa shape index (κ1) is 19.0. The summed E-state index contributed by atoms with van der Waals surface area (Å²) >= 11 is 3.30. The van der Waals surface area contributed by atoms with Crippen LogP contribution in [0.3, 0.4) is 0 Å². The first-order valence-electron chi connectivity index (χ1n) is 7.23. The zero-order chi connectivity index (χ0) is 15.9. The highest BCUT2D eigenvalue weighted by atomic mass is 32.2. The average molecular weight is 351 g/mol. The second-order valence-corrected chi connectivity index (χ2v) is 9.40. The fourth-order valence-corrected chi connectivity index (χ4v) is 4.86. The molecule has 1 aromatic heterocycles. The molecule has 0 saturated heterocycles. The molecule has 21 heavy (non-hydrogen) atoms. The van der Waals surface area contributed by atoms with Gasteiger partial charge in [-0.15, -0.1) is 11.3 Å². The van der Waals surface area contributed by atoms with E-state index in [9.17, 15) is 8.42 Å². The van der Waals surface area contributed by atoms with E-state index in [2.05, 4.69) is 23.9 Å². The van der Waals surface area contributed by atoms with E-state index in [0.717, 1.165) is 35.7 Å². The number of nitrogens with one attached hydrogen (secondary N) is 2. The molecular formula is C14H26N2O2S3. The lowest BCUT2D eigenvalue weighted by Gasteiger charge is -2.09. The fraction of sp³-hybridized carbons (Fsp3) is 0.714. The van der Waals surface area contributed by atoms with Crippen molar-refractivity contribution < 1.29 is 8.42 Å². The van der Waals surface area contributed by atoms with Crippen LogP contribution in [0.5, 0.6) is 0 Å². The first-order valence-corrected chi connectivity index (χ1v) is 10.8. The summed E-state index contributed by atoms with van der Waals surface area (Å²) in [6.45, 7) is 8.26. The Morgan fingerprint density at radius 3 is 2.71 bits per heavy atom. The predicted molar refractivity (Wildman–Crippen MR) is 93.8 cm³/mol. The molecule has 0 aliphatic carbocycles. The van der Waals surface area contributed by atoms with Crippen molar-refractivity contribution in [2.45, 2.75) is 50.3 Å². The minimum atomic E-state index is -3.38. The normalized spacial score (nSPS) is 13.5. The van der Waals surface area contributed by atoms with Crippen LogP contribution in [0.1, 0.15) is 36.4 Å². The zero-order valence-corrected chi connectivity index (χ0v) is 15.7. The maximum atomic E-state index is 12.3. The van der Waals surface area contributed by atoms with Crippen molar-refractivity contribution in [1.29, 1.82) is 0 Å². The van der Waals surface area contributed by atoms with Crippen LogP contribution >= 0.6 is 23.1 Å². The Morgan fingerprint density at radius 2 is 2.10 bits per heavy atom. The quantitative estimate of drug-likeness (QED) is 0.637. The fourth-order valence-electron chi connectivity index (χ4n) is 1.86. The molecular weight excluding hydrogens is 324 g/mol. The van der Waals surface area contributed by atoms with Crippen LogP contribution in [0, 0.1) is 6.92 Å². The number of hydrogen-bond acceptors (Lipinski definition) is 5. The van der Waals surface area contributed by atoms with E-state index in [1.165, 1.54) is 0 Å². The van der Waals surface area contributed by atoms with Gasteiger partial charge in [0.05, 0.1) is 4.90 Å². The minimum absolute atomic E-state index is 0.428. The summed E-state index contributed by atoms with van der Waals surface area (Å²) in [7, 11) is -3.38. The van der Waals surface area contributed by atoms with Crippen LogP contribution in [-0.2, 0) is 16.6 Å². The van der Waals surface area contributed by atoms with Gasteiger partial charge in [-0.3, -0.25) is 0 Å². The standard InChI is InChI=1S/C14H26N2O2S3/c1-5-7-15-10-13-9-14(12(3)20-13)21(17,18)16-8-6-11(2)19-4/h9,11,15-16H,5-8,10H2,1-4H3. The van der Waals surface area contributed by atoms with Gasteiger partial charge in [-0.1, -0.05) is 13.8 Å². The molecule has 1 rings (SSSR count). The van der Waals surface area contributed by atoms with Gasteiger partial charge in [0.25, 0.3) is 0 Å². The van der Waals surface area contributed by atoms with Gasteiger partial charge in [0, 0.05) is 28.1 Å². The van der Waals surface area contributed by atoms with E-state index < -0.39 is 10.0 Å². The second kappa shape index (κ2) is 9.15. The van der Waals surface area contributed by atoms with Crippen molar-refractivity contribution in [3.63, 3.8) is 0 Å². The van der Waals surface area contributed by atoms with Crippen LogP contribution in [0.15, 0.2) is 11.0 Å². The molecule has 0 aliphatic rings. The summed E-state index contributed by atoms with van der Waals surface area (Å²) in [5, 5.41) is 3.76. The Bertz CT molecular complexity index is 526. The molecule has 0 bridgehead atoms. The highest BCUT2D eigenvalue weighted by Crippen LogP contribution is 2.25. The number of hydrogen-bond donors (Lipinski definition) is 2. The van der Waals surface area contributed by atoms with E-state index >= 15 is 0 Å². The van der Waals surface area contributed by atoms with Gasteiger partial charge in [0.1, 0.15) is 0 Å². The topological polar surface area (TPSA) is 58.2 Å². The lowest BCUT2D eigenvalue weighted by Crippen LogP contribution is -2.26. The Hall–Kier alpha value is -0.0800. The first-order chi connectivity index (χ1) is 9.90. The average Bonchev–Trinajstić information content (AvgIpc) is 2.80. The largest absolute Gasteiger partial charge is 0.312 e. The molecule has 0 radical (unpaired) electrons. The van der Waals surface area contributed by atoms with E-state index in [1.54, 1.807) is 29.2 Å². The van der Waals surface area contributed by atoms with Gasteiger partial charge in [0.15, 0.2) is 0 Å². The van der Waals surface area contributed by atoms with Gasteiger partial charge < -0.3 is 5.32 Å². The van der Waals surface area contributed by atoms with Crippen LogP contribution in [0.4, 0.5) is 0 Å². The molecule has 0 saturated carbocycles. The molecule has 0 aliphatic heterocycles. The number of rotatable bonds is 10. The highest BCUT2D eigenvalue weighted by Gasteiger charge is 2.19. The van der Waals surface area contributed by atoms with Crippen molar-refractivity contribution in [2.75, 3.05) is 19.3 Å². The second-order valence-electron chi connectivity index (χ2n) is 5.04. The van der Waals surface area contributed by atoms with Gasteiger partial charge >= 0.3 is 0 Å². The number of aryl methyl sites for hydroxylation is 1. The maximum Gasteiger partial charge on any atom is 0.241 e. The lowest BCUT2D eigenvalue weighted by molar-refractivity contribution is 0.578. The highest BCUT2D eigenvalue weighted by molar-refractivity contribution is 7.99. The molecule has 0 spiro atoms. The van der Waals surface area contributed by atoms with E-state index in [0.29, 0.717) is 16.7 Å². The Kier molecular flexibility index (Phi) is 8.26. The molecule has 0 amide bonds. The van der Waals surface area contributed by atoms with Crippen molar-refractivity contribution in [1.82, 2.24) is 10.0 Å². The van der Waals surface area contributed by atoms with Gasteiger partial charge in [0.2, 0.25) is 10.0 Å².